The molecule has 0 bridgehead atoms. The molecule has 0 fully saturated rings. The van der Waals surface area contributed by atoms with Gasteiger partial charge in [-0.05, 0) is 23.1 Å². The normalized spacial score (nSPS) is 11.7. The van der Waals surface area contributed by atoms with E-state index in [0.717, 1.165) is 12.4 Å². The average Bonchev–Trinajstić information content (AvgIpc) is 2.18. The van der Waals surface area contributed by atoms with Gasteiger partial charge in [0.15, 0.2) is 0 Å². The highest BCUT2D eigenvalue weighted by Crippen LogP contribution is 2.25. The second kappa shape index (κ2) is 5.57. The molecule has 1 aromatic carbocycles. The van der Waals surface area contributed by atoms with Crippen LogP contribution in [0.2, 0.25) is 0 Å². The Balaban J connectivity index is 2.57. The molecule has 0 spiro atoms. The summed E-state index contributed by atoms with van der Waals surface area (Å²) in [6.07, 6.45) is 0. The van der Waals surface area contributed by atoms with Crippen LogP contribution in [0, 0.1) is 0 Å². The third kappa shape index (κ3) is 4.27. The Kier molecular flexibility index (Phi) is 4.68. The molecule has 0 aliphatic rings. The van der Waals surface area contributed by atoms with Crippen LogP contribution in [-0.4, -0.2) is 19.5 Å². The molecule has 0 heterocycles. The Morgan fingerprint density at radius 3 is 2.20 bits per heavy atom. The minimum absolute atomic E-state index is 0.246. The molecular weight excluding hydrogens is 204 g/mol. The first-order valence-corrected chi connectivity index (χ1v) is 6.25. The number of hydrogen-bond donors (Lipinski definition) is 0. The lowest BCUT2D eigenvalue weighted by Crippen LogP contribution is -2.10. The lowest BCUT2D eigenvalue weighted by Gasteiger charge is -2.19. The molecule has 0 saturated carbocycles. The van der Waals surface area contributed by atoms with Crippen molar-refractivity contribution in [1.29, 1.82) is 0 Å². The summed E-state index contributed by atoms with van der Waals surface area (Å²) in [5.74, 6) is 1.02. The molecule has 0 aliphatic heterocycles. The van der Waals surface area contributed by atoms with Crippen LogP contribution in [0.4, 0.5) is 0 Å². The molecule has 1 aromatic rings. The molecule has 0 saturated heterocycles. The van der Waals surface area contributed by atoms with E-state index in [9.17, 15) is 0 Å². The molecule has 0 radical (unpaired) electrons. The first-order valence-electron chi connectivity index (χ1n) is 5.26. The van der Waals surface area contributed by atoms with E-state index in [2.05, 4.69) is 45.0 Å². The molecule has 0 N–H and O–H groups in total. The maximum Gasteiger partial charge on any atom is 0.0556 e. The molecule has 0 aliphatic carbocycles. The van der Waals surface area contributed by atoms with Gasteiger partial charge < -0.3 is 4.74 Å². The standard InChI is InChI=1S/C13H20OS/c1-13(2,3)11-5-7-12(8-6-11)15-10-9-14-4/h5-8H,9-10H2,1-4H3. The van der Waals surface area contributed by atoms with Crippen LogP contribution >= 0.6 is 11.8 Å². The first kappa shape index (κ1) is 12.6. The SMILES string of the molecule is COCCSc1ccc(C(C)(C)C)cc1. The predicted octanol–water partition coefficient (Wildman–Crippen LogP) is 3.72. The third-order valence-corrected chi connectivity index (χ3v) is 3.25. The highest BCUT2D eigenvalue weighted by Gasteiger charge is 2.12. The predicted molar refractivity (Wildman–Crippen MR) is 67.7 cm³/mol. The highest BCUT2D eigenvalue weighted by molar-refractivity contribution is 7.99. The number of benzene rings is 1. The van der Waals surface area contributed by atoms with Gasteiger partial charge in [-0.15, -0.1) is 11.8 Å². The van der Waals surface area contributed by atoms with Crippen molar-refractivity contribution < 1.29 is 4.74 Å². The van der Waals surface area contributed by atoms with E-state index >= 15 is 0 Å². The molecule has 0 unspecified atom stereocenters. The smallest absolute Gasteiger partial charge is 0.0556 e. The van der Waals surface area contributed by atoms with Crippen LogP contribution in [-0.2, 0) is 10.2 Å². The van der Waals surface area contributed by atoms with E-state index in [-0.39, 0.29) is 5.41 Å². The van der Waals surface area contributed by atoms with Gasteiger partial charge in [-0.2, -0.15) is 0 Å². The Bertz CT molecular complexity index is 284. The van der Waals surface area contributed by atoms with Gasteiger partial charge in [0.2, 0.25) is 0 Å². The van der Waals surface area contributed by atoms with E-state index in [0.29, 0.717) is 0 Å². The van der Waals surface area contributed by atoms with Crippen molar-refractivity contribution in [2.24, 2.45) is 0 Å². The van der Waals surface area contributed by atoms with Crippen LogP contribution in [0.1, 0.15) is 26.3 Å². The maximum absolute atomic E-state index is 5.02. The monoisotopic (exact) mass is 224 g/mol. The molecule has 2 heteroatoms. The van der Waals surface area contributed by atoms with Crippen molar-refractivity contribution in [1.82, 2.24) is 0 Å². The van der Waals surface area contributed by atoms with Gasteiger partial charge in [0.1, 0.15) is 0 Å². The van der Waals surface area contributed by atoms with Crippen molar-refractivity contribution in [3.63, 3.8) is 0 Å². The maximum atomic E-state index is 5.02. The summed E-state index contributed by atoms with van der Waals surface area (Å²) in [5.41, 5.74) is 1.63. The van der Waals surface area contributed by atoms with E-state index in [1.165, 1.54) is 10.5 Å². The van der Waals surface area contributed by atoms with Crippen LogP contribution in [0.25, 0.3) is 0 Å². The second-order valence-corrected chi connectivity index (χ2v) is 5.78. The summed E-state index contributed by atoms with van der Waals surface area (Å²) >= 11 is 1.84. The second-order valence-electron chi connectivity index (χ2n) is 4.62. The number of methoxy groups -OCH3 is 1. The molecule has 1 nitrogen and oxygen atoms in total. The van der Waals surface area contributed by atoms with Crippen molar-refractivity contribution >= 4 is 11.8 Å². The van der Waals surface area contributed by atoms with Gasteiger partial charge in [-0.25, -0.2) is 0 Å². The van der Waals surface area contributed by atoms with Crippen molar-refractivity contribution in [2.45, 2.75) is 31.1 Å². The summed E-state index contributed by atoms with van der Waals surface area (Å²) in [6.45, 7) is 7.52. The van der Waals surface area contributed by atoms with Gasteiger partial charge in [-0.1, -0.05) is 32.9 Å². The molecule has 0 atom stereocenters. The number of hydrogen-bond acceptors (Lipinski definition) is 2. The number of ether oxygens (including phenoxy) is 1. The van der Waals surface area contributed by atoms with Gasteiger partial charge in [0, 0.05) is 17.8 Å². The van der Waals surface area contributed by atoms with Gasteiger partial charge in [0.25, 0.3) is 0 Å². The summed E-state index contributed by atoms with van der Waals surface area (Å²) < 4.78 is 5.02. The lowest BCUT2D eigenvalue weighted by atomic mass is 9.87. The zero-order chi connectivity index (χ0) is 11.3. The fraction of sp³-hybridized carbons (Fsp3) is 0.538. The molecule has 0 aromatic heterocycles. The summed E-state index contributed by atoms with van der Waals surface area (Å²) in [6, 6.07) is 8.83. The Labute approximate surface area is 97.2 Å². The van der Waals surface area contributed by atoms with E-state index in [1.807, 2.05) is 11.8 Å². The summed E-state index contributed by atoms with van der Waals surface area (Å²) in [7, 11) is 1.74. The van der Waals surface area contributed by atoms with Crippen LogP contribution in [0.5, 0.6) is 0 Å². The van der Waals surface area contributed by atoms with Crippen LogP contribution in [0.15, 0.2) is 29.2 Å². The minimum Gasteiger partial charge on any atom is -0.384 e. The summed E-state index contributed by atoms with van der Waals surface area (Å²) in [4.78, 5) is 1.32. The third-order valence-electron chi connectivity index (χ3n) is 2.28. The lowest BCUT2D eigenvalue weighted by molar-refractivity contribution is 0.218. The average molecular weight is 224 g/mol. The zero-order valence-electron chi connectivity index (χ0n) is 10.0. The van der Waals surface area contributed by atoms with E-state index in [4.69, 9.17) is 4.74 Å². The molecular formula is C13H20OS. The molecule has 15 heavy (non-hydrogen) atoms. The zero-order valence-corrected chi connectivity index (χ0v) is 10.9. The number of rotatable bonds is 4. The van der Waals surface area contributed by atoms with Gasteiger partial charge in [-0.3, -0.25) is 0 Å². The van der Waals surface area contributed by atoms with Crippen LogP contribution < -0.4 is 0 Å². The Morgan fingerprint density at radius 2 is 1.73 bits per heavy atom. The largest absolute Gasteiger partial charge is 0.384 e. The minimum atomic E-state index is 0.246. The van der Waals surface area contributed by atoms with Crippen molar-refractivity contribution in [3.05, 3.63) is 29.8 Å². The Hall–Kier alpha value is -0.470. The quantitative estimate of drug-likeness (QED) is 0.569. The number of thioether (sulfide) groups is 1. The van der Waals surface area contributed by atoms with Crippen molar-refractivity contribution in [2.75, 3.05) is 19.5 Å². The summed E-state index contributed by atoms with van der Waals surface area (Å²) in [5, 5.41) is 0. The van der Waals surface area contributed by atoms with Crippen molar-refractivity contribution in [3.8, 4) is 0 Å². The topological polar surface area (TPSA) is 9.23 Å². The van der Waals surface area contributed by atoms with Crippen LogP contribution in [0.3, 0.4) is 0 Å². The fourth-order valence-electron chi connectivity index (χ4n) is 1.29. The molecule has 1 rings (SSSR count). The first-order chi connectivity index (χ1) is 7.04. The van der Waals surface area contributed by atoms with E-state index in [1.54, 1.807) is 7.11 Å². The van der Waals surface area contributed by atoms with E-state index < -0.39 is 0 Å². The van der Waals surface area contributed by atoms with Gasteiger partial charge >= 0.3 is 0 Å². The molecule has 0 amide bonds. The van der Waals surface area contributed by atoms with Gasteiger partial charge in [0.05, 0.1) is 6.61 Å². The fourth-order valence-corrected chi connectivity index (χ4v) is 2.11. The Morgan fingerprint density at radius 1 is 1.13 bits per heavy atom. The molecule has 84 valence electrons. The highest BCUT2D eigenvalue weighted by atomic mass is 32.2.